The van der Waals surface area contributed by atoms with Crippen LogP contribution in [0.15, 0.2) is 47.5 Å². The van der Waals surface area contributed by atoms with Crippen molar-refractivity contribution < 1.29 is 9.53 Å². The smallest absolute Gasteiger partial charge is 0.316 e. The van der Waals surface area contributed by atoms with Gasteiger partial charge in [-0.1, -0.05) is 61.4 Å². The van der Waals surface area contributed by atoms with Crippen molar-refractivity contribution in [1.29, 1.82) is 0 Å². The van der Waals surface area contributed by atoms with Gasteiger partial charge in [0.2, 0.25) is 0 Å². The van der Waals surface area contributed by atoms with E-state index in [-0.39, 0.29) is 11.9 Å². The number of carbonyl (C=O) groups is 1. The van der Waals surface area contributed by atoms with Crippen LogP contribution in [-0.4, -0.2) is 39.0 Å². The monoisotopic (exact) mass is 349 g/mol. The van der Waals surface area contributed by atoms with Crippen LogP contribution < -0.4 is 0 Å². The molecular weight excluding hydrogens is 330 g/mol. The number of fused-ring (bicyclic) bond motifs is 2. The highest BCUT2D eigenvalue weighted by Gasteiger charge is 2.42. The standard InChI is InChI=1S/C19H19N5O2/c1-11(2)16-15(18(25)26-3)17(24-19(20-16)21-22-23-24)14-10-6-8-12-7-4-5-9-13(12)14/h4-11,15,17H,1-3H3. The third-order valence-electron chi connectivity index (χ3n) is 4.79. The van der Waals surface area contributed by atoms with Gasteiger partial charge in [0.25, 0.3) is 5.95 Å². The minimum absolute atomic E-state index is 0.0574. The van der Waals surface area contributed by atoms with Crippen molar-refractivity contribution in [2.24, 2.45) is 16.8 Å². The van der Waals surface area contributed by atoms with Gasteiger partial charge in [0.15, 0.2) is 0 Å². The van der Waals surface area contributed by atoms with Crippen molar-refractivity contribution in [2.45, 2.75) is 19.9 Å². The first-order valence-corrected chi connectivity index (χ1v) is 8.53. The Morgan fingerprint density at radius 1 is 1.15 bits per heavy atom. The summed E-state index contributed by atoms with van der Waals surface area (Å²) in [5, 5.41) is 14.1. The van der Waals surface area contributed by atoms with Gasteiger partial charge in [-0.15, -0.1) is 0 Å². The van der Waals surface area contributed by atoms with Crippen LogP contribution in [0.3, 0.4) is 0 Å². The van der Waals surface area contributed by atoms with E-state index in [0.717, 1.165) is 22.0 Å². The van der Waals surface area contributed by atoms with Gasteiger partial charge in [-0.3, -0.25) is 4.79 Å². The van der Waals surface area contributed by atoms with E-state index < -0.39 is 12.0 Å². The van der Waals surface area contributed by atoms with Crippen molar-refractivity contribution >= 4 is 28.4 Å². The average Bonchev–Trinajstić information content (AvgIpc) is 3.13. The molecule has 1 aliphatic heterocycles. The topological polar surface area (TPSA) is 82.3 Å². The van der Waals surface area contributed by atoms with Gasteiger partial charge >= 0.3 is 5.97 Å². The molecule has 2 aromatic carbocycles. The lowest BCUT2D eigenvalue weighted by Gasteiger charge is -2.32. The number of aromatic nitrogens is 4. The highest BCUT2D eigenvalue weighted by atomic mass is 16.5. The molecule has 0 radical (unpaired) electrons. The fourth-order valence-corrected chi connectivity index (χ4v) is 3.62. The van der Waals surface area contributed by atoms with Gasteiger partial charge in [0, 0.05) is 5.71 Å². The van der Waals surface area contributed by atoms with Crippen LogP contribution in [0.25, 0.3) is 10.8 Å². The molecule has 0 amide bonds. The Morgan fingerprint density at radius 2 is 1.92 bits per heavy atom. The quantitative estimate of drug-likeness (QED) is 0.679. The summed E-state index contributed by atoms with van der Waals surface area (Å²) in [7, 11) is 1.40. The van der Waals surface area contributed by atoms with Crippen LogP contribution in [0.1, 0.15) is 25.5 Å². The van der Waals surface area contributed by atoms with Crippen molar-refractivity contribution in [2.75, 3.05) is 7.11 Å². The first-order chi connectivity index (χ1) is 12.6. The van der Waals surface area contributed by atoms with Gasteiger partial charge in [-0.25, -0.2) is 9.67 Å². The Hall–Kier alpha value is -3.09. The number of ether oxygens (including phenoxy) is 1. The Bertz CT molecular complexity index is 1000. The van der Waals surface area contributed by atoms with E-state index in [0.29, 0.717) is 5.95 Å². The lowest BCUT2D eigenvalue weighted by atomic mass is 9.82. The second-order valence-corrected chi connectivity index (χ2v) is 6.63. The summed E-state index contributed by atoms with van der Waals surface area (Å²) in [5.74, 6) is -0.452. The fourth-order valence-electron chi connectivity index (χ4n) is 3.62. The zero-order valence-corrected chi connectivity index (χ0v) is 14.8. The van der Waals surface area contributed by atoms with Crippen molar-refractivity contribution in [1.82, 2.24) is 20.2 Å². The maximum absolute atomic E-state index is 12.7. The summed E-state index contributed by atoms with van der Waals surface area (Å²) in [5.41, 5.74) is 1.71. The largest absolute Gasteiger partial charge is 0.468 e. The molecule has 2 atom stereocenters. The van der Waals surface area contributed by atoms with E-state index in [4.69, 9.17) is 4.74 Å². The number of benzene rings is 2. The average molecular weight is 349 g/mol. The maximum atomic E-state index is 12.7. The molecule has 3 aromatic rings. The van der Waals surface area contributed by atoms with Gasteiger partial charge in [0.1, 0.15) is 12.0 Å². The zero-order chi connectivity index (χ0) is 18.3. The predicted octanol–water partition coefficient (Wildman–Crippen LogP) is 2.95. The van der Waals surface area contributed by atoms with Crippen LogP contribution in [0.5, 0.6) is 0 Å². The number of hydrogen-bond donors (Lipinski definition) is 0. The van der Waals surface area contributed by atoms with E-state index in [1.165, 1.54) is 7.11 Å². The number of rotatable bonds is 3. The van der Waals surface area contributed by atoms with Crippen LogP contribution in [-0.2, 0) is 9.53 Å². The molecule has 0 spiro atoms. The van der Waals surface area contributed by atoms with Crippen LogP contribution in [0.4, 0.5) is 5.95 Å². The second kappa shape index (κ2) is 6.33. The van der Waals surface area contributed by atoms with Gasteiger partial charge < -0.3 is 4.74 Å². The van der Waals surface area contributed by atoms with E-state index in [1.54, 1.807) is 4.68 Å². The summed E-state index contributed by atoms with van der Waals surface area (Å²) >= 11 is 0. The highest BCUT2D eigenvalue weighted by molar-refractivity contribution is 6.06. The number of esters is 1. The lowest BCUT2D eigenvalue weighted by Crippen LogP contribution is -2.40. The molecule has 0 saturated heterocycles. The molecule has 0 saturated carbocycles. The SMILES string of the molecule is COC(=O)C1C(C(C)C)=Nc2nnnn2C1c1cccc2ccccc12. The molecule has 132 valence electrons. The summed E-state index contributed by atoms with van der Waals surface area (Å²) in [6.45, 7) is 4.02. The van der Waals surface area contributed by atoms with Gasteiger partial charge in [-0.05, 0) is 32.7 Å². The minimum Gasteiger partial charge on any atom is -0.468 e. The molecular formula is C19H19N5O2. The predicted molar refractivity (Wildman–Crippen MR) is 97.3 cm³/mol. The molecule has 1 aromatic heterocycles. The number of nitrogens with zero attached hydrogens (tertiary/aromatic N) is 5. The molecule has 4 rings (SSSR count). The lowest BCUT2D eigenvalue weighted by molar-refractivity contribution is -0.144. The van der Waals surface area contributed by atoms with E-state index in [9.17, 15) is 4.79 Å². The maximum Gasteiger partial charge on any atom is 0.316 e. The normalized spacial score (nSPS) is 19.3. The Kier molecular flexibility index (Phi) is 3.99. The Balaban J connectivity index is 2.00. The Morgan fingerprint density at radius 3 is 2.69 bits per heavy atom. The summed E-state index contributed by atoms with van der Waals surface area (Å²) in [4.78, 5) is 17.3. The van der Waals surface area contributed by atoms with E-state index in [1.807, 2.05) is 56.3 Å². The first kappa shape index (κ1) is 16.4. The second-order valence-electron chi connectivity index (χ2n) is 6.63. The van der Waals surface area contributed by atoms with Crippen molar-refractivity contribution in [3.8, 4) is 0 Å². The fraction of sp³-hybridized carbons (Fsp3) is 0.316. The van der Waals surface area contributed by atoms with E-state index in [2.05, 4.69) is 20.5 Å². The summed E-state index contributed by atoms with van der Waals surface area (Å²) in [6, 6.07) is 13.7. The molecule has 0 aliphatic carbocycles. The number of hydrogen-bond acceptors (Lipinski definition) is 6. The van der Waals surface area contributed by atoms with Crippen LogP contribution in [0.2, 0.25) is 0 Å². The van der Waals surface area contributed by atoms with Crippen molar-refractivity contribution in [3.05, 3.63) is 48.0 Å². The number of tetrazole rings is 1. The number of carbonyl (C=O) groups excluding carboxylic acids is 1. The highest BCUT2D eigenvalue weighted by Crippen LogP contribution is 2.39. The van der Waals surface area contributed by atoms with Gasteiger partial charge in [-0.2, -0.15) is 0 Å². The van der Waals surface area contributed by atoms with Crippen LogP contribution in [0, 0.1) is 11.8 Å². The van der Waals surface area contributed by atoms with Gasteiger partial charge in [0.05, 0.1) is 7.11 Å². The molecule has 26 heavy (non-hydrogen) atoms. The summed E-state index contributed by atoms with van der Waals surface area (Å²) < 4.78 is 6.74. The molecule has 7 heteroatoms. The van der Waals surface area contributed by atoms with Crippen molar-refractivity contribution in [3.63, 3.8) is 0 Å². The molecule has 2 heterocycles. The molecule has 0 bridgehead atoms. The Labute approximate surface area is 150 Å². The summed E-state index contributed by atoms with van der Waals surface area (Å²) in [6.07, 6.45) is 0. The third-order valence-corrected chi connectivity index (χ3v) is 4.79. The molecule has 7 nitrogen and oxygen atoms in total. The number of methoxy groups -OCH3 is 1. The molecule has 2 unspecified atom stereocenters. The van der Waals surface area contributed by atoms with Crippen LogP contribution >= 0.6 is 0 Å². The third kappa shape index (κ3) is 2.47. The molecule has 0 N–H and O–H groups in total. The zero-order valence-electron chi connectivity index (χ0n) is 14.8. The molecule has 0 fully saturated rings. The minimum atomic E-state index is -0.582. The molecule has 1 aliphatic rings. The first-order valence-electron chi connectivity index (χ1n) is 8.53. The van der Waals surface area contributed by atoms with E-state index >= 15 is 0 Å². The number of aliphatic imine (C=N–C) groups is 1.